The Morgan fingerprint density at radius 3 is 2.79 bits per heavy atom. The van der Waals surface area contributed by atoms with Crippen LogP contribution in [0.3, 0.4) is 0 Å². The van der Waals surface area contributed by atoms with Gasteiger partial charge >= 0.3 is 11.4 Å². The Hall–Kier alpha value is -4.01. The van der Waals surface area contributed by atoms with E-state index in [0.717, 1.165) is 27.1 Å². The molecule has 9 nitrogen and oxygen atoms in total. The van der Waals surface area contributed by atoms with E-state index in [-0.39, 0.29) is 6.54 Å². The lowest BCUT2D eigenvalue weighted by Crippen LogP contribution is -2.17. The van der Waals surface area contributed by atoms with Crippen molar-refractivity contribution in [2.24, 2.45) is 0 Å². The summed E-state index contributed by atoms with van der Waals surface area (Å²) < 4.78 is 22.7. The maximum absolute atomic E-state index is 11.6. The highest BCUT2D eigenvalue weighted by Gasteiger charge is 2.16. The largest absolute Gasteiger partial charge is 0.461 e. The summed E-state index contributed by atoms with van der Waals surface area (Å²) in [6, 6.07) is 11.0. The van der Waals surface area contributed by atoms with Crippen LogP contribution in [0.15, 0.2) is 70.0 Å². The Balaban J connectivity index is 1.41. The van der Waals surface area contributed by atoms with Crippen LogP contribution < -0.4 is 11.4 Å². The van der Waals surface area contributed by atoms with E-state index in [1.165, 1.54) is 0 Å². The van der Waals surface area contributed by atoms with Gasteiger partial charge in [0.05, 0.1) is 24.9 Å². The zero-order valence-corrected chi connectivity index (χ0v) is 15.3. The first-order valence-corrected chi connectivity index (χ1v) is 8.87. The van der Waals surface area contributed by atoms with E-state index in [9.17, 15) is 9.59 Å². The molecule has 5 aromatic rings. The fraction of sp³-hybridized carbons (Fsp3) is 0.150. The molecule has 0 unspecified atom stereocenters. The molecule has 0 aliphatic carbocycles. The van der Waals surface area contributed by atoms with Gasteiger partial charge in [-0.3, -0.25) is 0 Å². The van der Waals surface area contributed by atoms with E-state index < -0.39 is 11.4 Å². The molecule has 0 atom stereocenters. The number of oxazole rings is 1. The summed E-state index contributed by atoms with van der Waals surface area (Å²) in [7, 11) is 0. The summed E-state index contributed by atoms with van der Waals surface area (Å²) in [4.78, 5) is 29.3. The molecule has 0 spiro atoms. The molecule has 4 aromatic heterocycles. The fourth-order valence-corrected chi connectivity index (χ4v) is 3.18. The van der Waals surface area contributed by atoms with Gasteiger partial charge in [0.1, 0.15) is 17.1 Å². The molecule has 29 heavy (non-hydrogen) atoms. The highest BCUT2D eigenvalue weighted by molar-refractivity contribution is 5.78. The second-order valence-electron chi connectivity index (χ2n) is 6.61. The van der Waals surface area contributed by atoms with E-state index in [4.69, 9.17) is 17.8 Å². The molecule has 0 aliphatic heterocycles. The number of aryl methyl sites for hydroxylation is 1. The number of benzene rings is 1. The molecule has 0 bridgehead atoms. The molecule has 0 radical (unpaired) electrons. The molecule has 1 aromatic carbocycles. The van der Waals surface area contributed by atoms with Crippen LogP contribution in [0.4, 0.5) is 0 Å². The minimum Gasteiger partial charge on any atom is -0.461 e. The number of rotatable bonds is 5. The summed E-state index contributed by atoms with van der Waals surface area (Å²) >= 11 is 0. The van der Waals surface area contributed by atoms with Crippen molar-refractivity contribution in [3.8, 4) is 11.7 Å². The smallest absolute Gasteiger partial charge is 0.440 e. The maximum Gasteiger partial charge on any atom is 0.440 e. The highest BCUT2D eigenvalue weighted by Crippen LogP contribution is 2.26. The zero-order valence-electron chi connectivity index (χ0n) is 15.3. The molecule has 4 heterocycles. The number of furan rings is 2. The molecule has 0 amide bonds. The van der Waals surface area contributed by atoms with Crippen molar-refractivity contribution in [3.05, 3.63) is 86.5 Å². The predicted octanol–water partition coefficient (Wildman–Crippen LogP) is 3.07. The second-order valence-corrected chi connectivity index (χ2v) is 6.61. The molecule has 0 aliphatic rings. The van der Waals surface area contributed by atoms with Crippen molar-refractivity contribution < 1.29 is 17.8 Å². The summed E-state index contributed by atoms with van der Waals surface area (Å²) in [6.07, 6.45) is 2.03. The topological polar surface area (TPSA) is 120 Å². The number of H-pyrrole nitrogens is 1. The number of aromatic amines is 1. The molecule has 0 saturated carbocycles. The van der Waals surface area contributed by atoms with E-state index >= 15 is 0 Å². The van der Waals surface area contributed by atoms with E-state index in [1.54, 1.807) is 18.4 Å². The van der Waals surface area contributed by atoms with Gasteiger partial charge in [0.25, 0.3) is 5.89 Å². The number of nitrogens with zero attached hydrogens (tertiary/aromatic N) is 2. The third-order valence-electron chi connectivity index (χ3n) is 4.55. The zero-order chi connectivity index (χ0) is 20.0. The average Bonchev–Trinajstić information content (AvgIpc) is 3.44. The molecular weight excluding hydrogens is 378 g/mol. The Labute approximate surface area is 162 Å². The summed E-state index contributed by atoms with van der Waals surface area (Å²) in [5, 5.41) is 0.871. The first-order chi connectivity index (χ1) is 14.0. The first-order valence-electron chi connectivity index (χ1n) is 8.87. The van der Waals surface area contributed by atoms with Gasteiger partial charge in [-0.1, -0.05) is 6.07 Å². The SMILES string of the molecule is Cc1oc(-c2ccco2)nc1Cc1cc2cc(Cn3oc(=O)[nH]c3=O)ccc2o1. The highest BCUT2D eigenvalue weighted by atomic mass is 16.5. The van der Waals surface area contributed by atoms with Crippen LogP contribution in [0, 0.1) is 6.92 Å². The fourth-order valence-electron chi connectivity index (χ4n) is 3.18. The van der Waals surface area contributed by atoms with Crippen LogP contribution in [-0.4, -0.2) is 14.7 Å². The second kappa shape index (κ2) is 6.55. The Morgan fingerprint density at radius 2 is 2.03 bits per heavy atom. The van der Waals surface area contributed by atoms with Crippen molar-refractivity contribution in [3.63, 3.8) is 0 Å². The van der Waals surface area contributed by atoms with Gasteiger partial charge in [-0.2, -0.15) is 0 Å². The first kappa shape index (κ1) is 17.1. The summed E-state index contributed by atoms with van der Waals surface area (Å²) in [5.41, 5.74) is 1.68. The van der Waals surface area contributed by atoms with Crippen molar-refractivity contribution >= 4 is 11.0 Å². The van der Waals surface area contributed by atoms with Gasteiger partial charge in [-0.15, -0.1) is 4.74 Å². The lowest BCUT2D eigenvalue weighted by atomic mass is 10.1. The molecule has 146 valence electrons. The van der Waals surface area contributed by atoms with Crippen LogP contribution in [0.2, 0.25) is 0 Å². The maximum atomic E-state index is 11.6. The summed E-state index contributed by atoms with van der Waals surface area (Å²) in [5.74, 6) is 1.64. The molecule has 0 fully saturated rings. The number of aromatic nitrogens is 3. The van der Waals surface area contributed by atoms with Gasteiger partial charge < -0.3 is 17.8 Å². The van der Waals surface area contributed by atoms with Gasteiger partial charge in [-0.05, 0) is 42.8 Å². The molecule has 5 rings (SSSR count). The van der Waals surface area contributed by atoms with Crippen LogP contribution in [0.25, 0.3) is 22.6 Å². The minimum absolute atomic E-state index is 0.142. The average molecular weight is 393 g/mol. The third kappa shape index (κ3) is 3.22. The van der Waals surface area contributed by atoms with Crippen LogP contribution in [0.1, 0.15) is 22.8 Å². The van der Waals surface area contributed by atoms with Crippen LogP contribution in [-0.2, 0) is 13.0 Å². The predicted molar refractivity (Wildman–Crippen MR) is 101 cm³/mol. The van der Waals surface area contributed by atoms with Gasteiger partial charge in [0, 0.05) is 5.39 Å². The van der Waals surface area contributed by atoms with Crippen LogP contribution in [0.5, 0.6) is 0 Å². The quantitative estimate of drug-likeness (QED) is 0.487. The third-order valence-corrected chi connectivity index (χ3v) is 4.55. The van der Waals surface area contributed by atoms with Crippen LogP contribution >= 0.6 is 0 Å². The minimum atomic E-state index is -0.779. The van der Waals surface area contributed by atoms with E-state index in [2.05, 4.69) is 9.97 Å². The number of nitrogens with one attached hydrogen (secondary N) is 1. The van der Waals surface area contributed by atoms with Gasteiger partial charge in [0.15, 0.2) is 5.76 Å². The normalized spacial score (nSPS) is 11.5. The number of hydrogen-bond donors (Lipinski definition) is 1. The molecule has 0 saturated heterocycles. The number of fused-ring (bicyclic) bond motifs is 1. The van der Waals surface area contributed by atoms with Crippen molar-refractivity contribution in [1.82, 2.24) is 14.7 Å². The Kier molecular flexibility index (Phi) is 3.87. The monoisotopic (exact) mass is 393 g/mol. The van der Waals surface area contributed by atoms with Gasteiger partial charge in [-0.25, -0.2) is 19.6 Å². The van der Waals surface area contributed by atoms with E-state index in [0.29, 0.717) is 29.4 Å². The Morgan fingerprint density at radius 1 is 1.14 bits per heavy atom. The molecular formula is C20H15N3O6. The van der Waals surface area contributed by atoms with Gasteiger partial charge in [0.2, 0.25) is 0 Å². The van der Waals surface area contributed by atoms with Crippen molar-refractivity contribution in [2.75, 3.05) is 0 Å². The van der Waals surface area contributed by atoms with E-state index in [1.807, 2.05) is 31.2 Å². The Bertz CT molecular complexity index is 1410. The van der Waals surface area contributed by atoms with Crippen molar-refractivity contribution in [1.29, 1.82) is 0 Å². The number of hydrogen-bond acceptors (Lipinski definition) is 7. The lowest BCUT2D eigenvalue weighted by Gasteiger charge is -1.99. The lowest BCUT2D eigenvalue weighted by molar-refractivity contribution is 0.258. The molecule has 9 heteroatoms. The summed E-state index contributed by atoms with van der Waals surface area (Å²) in [6.45, 7) is 1.99. The van der Waals surface area contributed by atoms with Crippen molar-refractivity contribution in [2.45, 2.75) is 19.9 Å². The molecule has 1 N–H and O–H groups in total. The standard InChI is InChI=1S/C20H15N3O6/c1-11-15(21-18(27-11)17-3-2-6-26-17)9-14-8-13-7-12(4-5-16(13)28-14)10-23-19(24)22-20(25)29-23/h2-8H,9-10H2,1H3,(H,22,24,25).